The molecule has 0 radical (unpaired) electrons. The number of rotatable bonds is 15. The van der Waals surface area contributed by atoms with Crippen molar-refractivity contribution in [3.8, 4) is 11.1 Å². The van der Waals surface area contributed by atoms with Crippen molar-refractivity contribution >= 4 is 56.4 Å². The molecule has 0 aromatic heterocycles. The van der Waals surface area contributed by atoms with E-state index in [0.717, 1.165) is 92.9 Å². The van der Waals surface area contributed by atoms with Gasteiger partial charge in [-0.3, -0.25) is 24.7 Å². The van der Waals surface area contributed by atoms with Crippen LogP contribution < -0.4 is 14.9 Å². The van der Waals surface area contributed by atoms with Gasteiger partial charge in [-0.1, -0.05) is 66.2 Å². The number of carbonyl (C=O) groups is 1. The van der Waals surface area contributed by atoms with Crippen molar-refractivity contribution < 1.29 is 22.9 Å². The summed E-state index contributed by atoms with van der Waals surface area (Å²) in [5, 5.41) is 16.5. The Morgan fingerprint density at radius 2 is 1.68 bits per heavy atom. The average molecular weight is 896 g/mol. The largest absolute Gasteiger partial charge is 0.379 e. The molecule has 3 heterocycles. The summed E-state index contributed by atoms with van der Waals surface area (Å²) in [6, 6.07) is 35.7. The zero-order valence-corrected chi connectivity index (χ0v) is 36.8. The van der Waals surface area contributed by atoms with Crippen LogP contribution in [0.4, 0.5) is 17.1 Å². The highest BCUT2D eigenvalue weighted by atomic mass is 35.5. The first-order valence-corrected chi connectivity index (χ1v) is 24.0. The molecular weight excluding hydrogens is 844 g/mol. The number of nitro groups is 1. The van der Waals surface area contributed by atoms with Gasteiger partial charge in [0.05, 0.1) is 23.0 Å². The van der Waals surface area contributed by atoms with Crippen molar-refractivity contribution in [2.24, 2.45) is 0 Å². The van der Waals surface area contributed by atoms with Gasteiger partial charge in [0, 0.05) is 90.9 Å². The number of carbonyl (C=O) groups excluding carboxylic acids is 1. The minimum Gasteiger partial charge on any atom is -0.379 e. The number of aryl methyl sites for hydroxylation is 1. The Bertz CT molecular complexity index is 2470. The fraction of sp³-hybridized carbons (Fsp3) is 0.340. The molecule has 62 heavy (non-hydrogen) atoms. The maximum Gasteiger partial charge on any atom is 0.293 e. The fourth-order valence-electron chi connectivity index (χ4n) is 8.66. The number of benzene rings is 5. The van der Waals surface area contributed by atoms with Crippen LogP contribution in [0.2, 0.25) is 5.02 Å². The number of nitrogens with one attached hydrogen (secondary N) is 2. The average Bonchev–Trinajstić information content (AvgIpc) is 3.47. The van der Waals surface area contributed by atoms with Gasteiger partial charge in [-0.2, -0.15) is 0 Å². The number of anilines is 2. The van der Waals surface area contributed by atoms with Gasteiger partial charge in [-0.15, -0.1) is 11.8 Å². The van der Waals surface area contributed by atoms with Gasteiger partial charge < -0.3 is 15.0 Å². The SMILES string of the molecule is O=C(NS(=O)(=O)c1ccc(N[C@H](CCN2CCOCC2)CSc2ccccc2)c([N+](=O)[O-])c1)c1ccc2c(c1)CCCC1CN(Cc3ccccc3-c3ccc(Cl)cc3)CCN21. The Morgan fingerprint density at radius 1 is 0.903 bits per heavy atom. The summed E-state index contributed by atoms with van der Waals surface area (Å²) in [6.45, 7) is 7.19. The molecule has 1 unspecified atom stereocenters. The molecule has 5 aromatic carbocycles. The van der Waals surface area contributed by atoms with Crippen LogP contribution in [-0.2, 0) is 27.7 Å². The van der Waals surface area contributed by atoms with E-state index < -0.39 is 20.9 Å². The number of morpholine rings is 1. The van der Waals surface area contributed by atoms with E-state index >= 15 is 0 Å². The van der Waals surface area contributed by atoms with Crippen molar-refractivity contribution in [1.82, 2.24) is 14.5 Å². The van der Waals surface area contributed by atoms with Crippen LogP contribution in [0, 0.1) is 10.1 Å². The molecular formula is C47H51ClN6O6S2. The maximum absolute atomic E-state index is 13.7. The number of nitrogens with zero attached hydrogens (tertiary/aromatic N) is 4. The monoisotopic (exact) mass is 894 g/mol. The second kappa shape index (κ2) is 20.0. The Labute approximate surface area is 372 Å². The van der Waals surface area contributed by atoms with Crippen LogP contribution in [0.1, 0.15) is 40.7 Å². The van der Waals surface area contributed by atoms with E-state index in [0.29, 0.717) is 36.5 Å². The summed E-state index contributed by atoms with van der Waals surface area (Å²) in [6.07, 6.45) is 3.39. The molecule has 0 bridgehead atoms. The molecule has 15 heteroatoms. The van der Waals surface area contributed by atoms with Gasteiger partial charge in [0.1, 0.15) is 5.69 Å². The van der Waals surface area contributed by atoms with Gasteiger partial charge in [0.2, 0.25) is 0 Å². The number of piperazine rings is 1. The quantitative estimate of drug-likeness (QED) is 0.0596. The molecule has 324 valence electrons. The predicted octanol–water partition coefficient (Wildman–Crippen LogP) is 8.36. The second-order valence-electron chi connectivity index (χ2n) is 16.1. The van der Waals surface area contributed by atoms with E-state index in [9.17, 15) is 23.3 Å². The first-order valence-electron chi connectivity index (χ1n) is 21.2. The lowest BCUT2D eigenvalue weighted by molar-refractivity contribution is -0.384. The second-order valence-corrected chi connectivity index (χ2v) is 19.3. The molecule has 0 aliphatic carbocycles. The van der Waals surface area contributed by atoms with E-state index in [-0.39, 0.29) is 27.9 Å². The van der Waals surface area contributed by atoms with Crippen molar-refractivity contribution in [2.45, 2.75) is 54.1 Å². The summed E-state index contributed by atoms with van der Waals surface area (Å²) in [7, 11) is -4.46. The summed E-state index contributed by atoms with van der Waals surface area (Å²) in [5.74, 6) is -0.149. The van der Waals surface area contributed by atoms with E-state index in [1.807, 2.05) is 48.5 Å². The van der Waals surface area contributed by atoms with Crippen LogP contribution in [0.25, 0.3) is 11.1 Å². The van der Waals surface area contributed by atoms with Crippen LogP contribution in [0.15, 0.2) is 125 Å². The number of nitro benzene ring substituents is 1. The number of amides is 1. The molecule has 2 saturated heterocycles. The molecule has 3 aliphatic rings. The molecule has 8 rings (SSSR count). The molecule has 5 aromatic rings. The van der Waals surface area contributed by atoms with E-state index in [2.05, 4.69) is 61.1 Å². The van der Waals surface area contributed by atoms with Crippen LogP contribution in [0.3, 0.4) is 0 Å². The molecule has 2 atom stereocenters. The molecule has 12 nitrogen and oxygen atoms in total. The highest BCUT2D eigenvalue weighted by molar-refractivity contribution is 7.99. The predicted molar refractivity (Wildman–Crippen MR) is 247 cm³/mol. The summed E-state index contributed by atoms with van der Waals surface area (Å²) >= 11 is 7.82. The van der Waals surface area contributed by atoms with Gasteiger partial charge in [-0.25, -0.2) is 13.1 Å². The van der Waals surface area contributed by atoms with E-state index in [4.69, 9.17) is 16.3 Å². The third-order valence-corrected chi connectivity index (χ3v) is 14.7. The lowest BCUT2D eigenvalue weighted by atomic mass is 9.98. The molecule has 0 spiro atoms. The number of fused-ring (bicyclic) bond motifs is 3. The Balaban J connectivity index is 0.926. The summed E-state index contributed by atoms with van der Waals surface area (Å²) in [5.41, 5.74) is 5.72. The Hall–Kier alpha value is -4.96. The molecule has 1 amide bonds. The maximum atomic E-state index is 13.7. The number of thioether (sulfide) groups is 1. The topological polar surface area (TPSA) is 137 Å². The minimum atomic E-state index is -4.46. The number of halogens is 1. The van der Waals surface area contributed by atoms with Gasteiger partial charge in [0.15, 0.2) is 0 Å². The minimum absolute atomic E-state index is 0.153. The molecule has 2 fully saturated rings. The smallest absolute Gasteiger partial charge is 0.293 e. The normalized spacial score (nSPS) is 17.6. The molecule has 2 N–H and O–H groups in total. The van der Waals surface area contributed by atoms with Crippen LogP contribution >= 0.6 is 23.4 Å². The fourth-order valence-corrected chi connectivity index (χ4v) is 10.8. The molecule has 0 saturated carbocycles. The number of ether oxygens (including phenoxy) is 1. The zero-order chi connectivity index (χ0) is 43.1. The number of hydrogen-bond acceptors (Lipinski definition) is 11. The van der Waals surface area contributed by atoms with Crippen molar-refractivity contribution in [3.63, 3.8) is 0 Å². The lowest BCUT2D eigenvalue weighted by Crippen LogP contribution is -2.52. The van der Waals surface area contributed by atoms with Crippen LogP contribution in [-0.4, -0.2) is 99.4 Å². The van der Waals surface area contributed by atoms with E-state index in [1.165, 1.54) is 23.3 Å². The summed E-state index contributed by atoms with van der Waals surface area (Å²) in [4.78, 5) is 33.4. The Morgan fingerprint density at radius 3 is 2.47 bits per heavy atom. The van der Waals surface area contributed by atoms with Crippen LogP contribution in [0.5, 0.6) is 0 Å². The van der Waals surface area contributed by atoms with Gasteiger partial charge >= 0.3 is 0 Å². The van der Waals surface area contributed by atoms with E-state index in [1.54, 1.807) is 23.9 Å². The first kappa shape index (κ1) is 43.7. The number of hydrogen-bond donors (Lipinski definition) is 2. The van der Waals surface area contributed by atoms with Crippen molar-refractivity contribution in [1.29, 1.82) is 0 Å². The molecule has 3 aliphatic heterocycles. The third-order valence-electron chi connectivity index (χ3n) is 11.9. The third kappa shape index (κ3) is 10.8. The highest BCUT2D eigenvalue weighted by Gasteiger charge is 2.32. The van der Waals surface area contributed by atoms with Crippen molar-refractivity contribution in [2.75, 3.05) is 68.5 Å². The van der Waals surface area contributed by atoms with Gasteiger partial charge in [-0.05, 0) is 103 Å². The van der Waals surface area contributed by atoms with Crippen molar-refractivity contribution in [3.05, 3.63) is 147 Å². The lowest BCUT2D eigenvalue weighted by Gasteiger charge is -2.43. The standard InChI is InChI=1S/C47H51ClN6O6S2/c48-38-16-13-34(14-17-38)43-12-5-4-7-37(43)31-52-23-24-53-40(32-52)9-6-8-35-29-36(15-20-45(35)53)47(55)50-62(58,59)42-18-19-44(46(30-42)54(56)57)49-39(21-22-51-25-27-60-28-26-51)33-61-41-10-2-1-3-11-41/h1-5,7,10-20,29-30,39-40,49H,6,8-9,21-28,31-33H2,(H,50,55)/t39-,40?/m1/s1. The zero-order valence-electron chi connectivity index (χ0n) is 34.5. The number of sulfonamides is 1. The summed E-state index contributed by atoms with van der Waals surface area (Å²) < 4.78 is 35.0. The first-order chi connectivity index (χ1) is 30.1. The highest BCUT2D eigenvalue weighted by Crippen LogP contribution is 2.35. The van der Waals surface area contributed by atoms with Gasteiger partial charge in [0.25, 0.3) is 21.6 Å². The Kier molecular flexibility index (Phi) is 14.1.